The number of esters is 1. The number of thioether (sulfide) groups is 1. The molecular formula is C33H32N4O8S. The van der Waals surface area contributed by atoms with Gasteiger partial charge in [-0.25, -0.2) is 9.59 Å². The van der Waals surface area contributed by atoms with Crippen molar-refractivity contribution in [1.29, 1.82) is 0 Å². The van der Waals surface area contributed by atoms with E-state index in [0.717, 1.165) is 25.0 Å². The van der Waals surface area contributed by atoms with Gasteiger partial charge in [-0.1, -0.05) is 12.5 Å². The number of benzene rings is 3. The Hall–Kier alpha value is -4.91. The lowest BCUT2D eigenvalue weighted by Crippen LogP contribution is -2.36. The van der Waals surface area contributed by atoms with E-state index in [-0.39, 0.29) is 71.2 Å². The molecular weight excluding hydrogens is 612 g/mol. The van der Waals surface area contributed by atoms with Crippen molar-refractivity contribution in [1.82, 2.24) is 21.3 Å². The van der Waals surface area contributed by atoms with Crippen molar-refractivity contribution in [2.24, 2.45) is 0 Å². The Labute approximate surface area is 268 Å². The van der Waals surface area contributed by atoms with Crippen LogP contribution in [-0.2, 0) is 15.1 Å². The molecule has 3 aromatic carbocycles. The molecule has 7 rings (SSSR count). The molecule has 46 heavy (non-hydrogen) atoms. The molecule has 2 saturated heterocycles. The molecule has 13 heteroatoms. The number of phenolic OH excluding ortho intramolecular Hbond substituents is 2. The largest absolute Gasteiger partial charge is 0.508 e. The Kier molecular flexibility index (Phi) is 7.63. The fourth-order valence-electron chi connectivity index (χ4n) is 6.69. The van der Waals surface area contributed by atoms with Gasteiger partial charge in [-0.05, 0) is 49.2 Å². The molecule has 0 radical (unpaired) electrons. The molecule has 4 heterocycles. The van der Waals surface area contributed by atoms with E-state index in [2.05, 4.69) is 21.3 Å². The molecule has 0 aromatic heterocycles. The first-order chi connectivity index (χ1) is 22.2. The first kappa shape index (κ1) is 29.8. The molecule has 4 aliphatic heterocycles. The van der Waals surface area contributed by atoms with Gasteiger partial charge in [0.25, 0.3) is 5.91 Å². The van der Waals surface area contributed by atoms with Crippen molar-refractivity contribution in [2.45, 2.75) is 48.6 Å². The van der Waals surface area contributed by atoms with Crippen LogP contribution in [0.15, 0.2) is 54.6 Å². The number of unbranched alkanes of at least 4 members (excludes halogenated alkanes) is 1. The van der Waals surface area contributed by atoms with E-state index in [1.807, 2.05) is 11.8 Å². The maximum Gasteiger partial charge on any atom is 0.340 e. The number of fused-ring (bicyclic) bond motifs is 7. The maximum atomic E-state index is 13.3. The Morgan fingerprint density at radius 2 is 1.59 bits per heavy atom. The smallest absolute Gasteiger partial charge is 0.340 e. The number of ether oxygens (including phenoxy) is 2. The van der Waals surface area contributed by atoms with Gasteiger partial charge in [-0.15, -0.1) is 0 Å². The van der Waals surface area contributed by atoms with E-state index in [9.17, 15) is 29.4 Å². The van der Waals surface area contributed by atoms with E-state index in [4.69, 9.17) is 9.47 Å². The summed E-state index contributed by atoms with van der Waals surface area (Å²) < 4.78 is 12.0. The molecule has 3 aromatic rings. The van der Waals surface area contributed by atoms with E-state index in [0.29, 0.717) is 28.4 Å². The molecule has 3 atom stereocenters. The Morgan fingerprint density at radius 3 is 2.33 bits per heavy atom. The number of hydrogen-bond acceptors (Lipinski definition) is 9. The van der Waals surface area contributed by atoms with Gasteiger partial charge in [0.15, 0.2) is 5.60 Å². The van der Waals surface area contributed by atoms with E-state index >= 15 is 0 Å². The summed E-state index contributed by atoms with van der Waals surface area (Å²) in [7, 11) is 0. The topological polar surface area (TPSA) is 175 Å². The minimum absolute atomic E-state index is 0.0408. The average molecular weight is 645 g/mol. The third kappa shape index (κ3) is 5.23. The van der Waals surface area contributed by atoms with Crippen LogP contribution in [0.2, 0.25) is 0 Å². The van der Waals surface area contributed by atoms with Gasteiger partial charge in [0, 0.05) is 64.9 Å². The van der Waals surface area contributed by atoms with Crippen molar-refractivity contribution < 1.29 is 38.9 Å². The number of nitrogens with one attached hydrogen (secondary N) is 4. The zero-order valence-electron chi connectivity index (χ0n) is 24.6. The van der Waals surface area contributed by atoms with Crippen LogP contribution < -0.4 is 26.0 Å². The third-order valence-electron chi connectivity index (χ3n) is 8.85. The van der Waals surface area contributed by atoms with Gasteiger partial charge in [0.1, 0.15) is 23.0 Å². The number of hydrogen-bond donors (Lipinski definition) is 6. The van der Waals surface area contributed by atoms with Crippen molar-refractivity contribution in [2.75, 3.05) is 18.8 Å². The molecule has 4 aliphatic rings. The minimum Gasteiger partial charge on any atom is -0.508 e. The zero-order valence-corrected chi connectivity index (χ0v) is 25.4. The van der Waals surface area contributed by atoms with Gasteiger partial charge >= 0.3 is 12.0 Å². The highest BCUT2D eigenvalue weighted by Crippen LogP contribution is 2.57. The normalized spacial score (nSPS) is 21.2. The lowest BCUT2D eigenvalue weighted by Gasteiger charge is -2.36. The number of carbonyl (C=O) groups excluding carboxylic acids is 4. The van der Waals surface area contributed by atoms with E-state index in [1.54, 1.807) is 24.3 Å². The van der Waals surface area contributed by atoms with Crippen molar-refractivity contribution in [3.63, 3.8) is 0 Å². The highest BCUT2D eigenvalue weighted by atomic mass is 32.2. The molecule has 4 amide bonds. The van der Waals surface area contributed by atoms with Gasteiger partial charge < -0.3 is 41.0 Å². The van der Waals surface area contributed by atoms with Crippen molar-refractivity contribution in [3.05, 3.63) is 82.4 Å². The number of phenols is 2. The first-order valence-corrected chi connectivity index (χ1v) is 16.2. The van der Waals surface area contributed by atoms with Crippen molar-refractivity contribution >= 4 is 35.6 Å². The number of amides is 4. The zero-order chi connectivity index (χ0) is 32.0. The summed E-state index contributed by atoms with van der Waals surface area (Å²) >= 11 is 1.86. The lowest BCUT2D eigenvalue weighted by atomic mass is 9.77. The number of carbonyl (C=O) groups is 4. The van der Waals surface area contributed by atoms with Crippen LogP contribution in [0.4, 0.5) is 4.79 Å². The lowest BCUT2D eigenvalue weighted by molar-refractivity contribution is -0.121. The van der Waals surface area contributed by atoms with Crippen molar-refractivity contribution in [3.8, 4) is 23.0 Å². The average Bonchev–Trinajstić information content (AvgIpc) is 3.68. The van der Waals surface area contributed by atoms with Crippen LogP contribution in [0.25, 0.3) is 0 Å². The quantitative estimate of drug-likeness (QED) is 0.116. The number of aromatic hydroxyl groups is 2. The molecule has 1 spiro atoms. The fourth-order valence-corrected chi connectivity index (χ4v) is 8.23. The second-order valence-electron chi connectivity index (χ2n) is 11.8. The Bertz CT molecular complexity index is 1710. The van der Waals surface area contributed by atoms with Gasteiger partial charge in [0.05, 0.1) is 17.6 Å². The first-order valence-electron chi connectivity index (χ1n) is 15.2. The maximum absolute atomic E-state index is 13.3. The molecule has 2 fully saturated rings. The molecule has 0 unspecified atom stereocenters. The molecule has 0 aliphatic carbocycles. The summed E-state index contributed by atoms with van der Waals surface area (Å²) in [6.07, 6.45) is 2.95. The monoisotopic (exact) mass is 644 g/mol. The summed E-state index contributed by atoms with van der Waals surface area (Å²) in [5.41, 5.74) is 0.545. The van der Waals surface area contributed by atoms with E-state index < -0.39 is 17.5 Å². The highest BCUT2D eigenvalue weighted by molar-refractivity contribution is 8.00. The summed E-state index contributed by atoms with van der Waals surface area (Å²) in [6, 6.07) is 14.0. The van der Waals surface area contributed by atoms with Gasteiger partial charge in [-0.2, -0.15) is 11.8 Å². The molecule has 0 saturated carbocycles. The third-order valence-corrected chi connectivity index (χ3v) is 10.4. The molecule has 238 valence electrons. The van der Waals surface area contributed by atoms with Crippen LogP contribution in [-0.4, -0.2) is 70.2 Å². The second kappa shape index (κ2) is 11.8. The van der Waals surface area contributed by atoms with Gasteiger partial charge in [0.2, 0.25) is 5.91 Å². The summed E-state index contributed by atoms with van der Waals surface area (Å²) in [5.74, 6) is 0.235. The summed E-state index contributed by atoms with van der Waals surface area (Å²) in [4.78, 5) is 50.1. The fraction of sp³-hybridized carbons (Fsp3) is 0.333. The second-order valence-corrected chi connectivity index (χ2v) is 13.0. The van der Waals surface area contributed by atoms with Crippen LogP contribution in [0.5, 0.6) is 23.0 Å². The minimum atomic E-state index is -1.40. The summed E-state index contributed by atoms with van der Waals surface area (Å²) in [5, 5.41) is 32.1. The Morgan fingerprint density at radius 1 is 0.891 bits per heavy atom. The van der Waals surface area contributed by atoms with Crippen LogP contribution in [0.3, 0.4) is 0 Å². The predicted octanol–water partition coefficient (Wildman–Crippen LogP) is 3.24. The van der Waals surface area contributed by atoms with E-state index in [1.165, 1.54) is 30.3 Å². The standard InChI is InChI=1S/C33H32N4O8S/c38-18-6-9-22-25(14-18)44-26-15-19(39)7-10-23(26)33(22)21-8-5-17(13-20(21)31(42)45-33)30(41)35-12-11-34-28(40)4-2-1-3-27-29-24(16-46-27)36-32(43)37-29/h5-10,13-15,24,27,29,38-39H,1-4,11-12,16H2,(H,34,40)(H,35,41)(H2,36,37,43)/t24-,27-,29-/m0/s1. The number of urea groups is 1. The summed E-state index contributed by atoms with van der Waals surface area (Å²) in [6.45, 7) is 0.462. The van der Waals surface area contributed by atoms with Crippen LogP contribution in [0.1, 0.15) is 63.1 Å². The SMILES string of the molecule is O=C(CCCC[C@@H]1SC[C@@H]2NC(=O)N[C@@H]21)NCCNC(=O)c1ccc2c(c1)C(=O)OC21c2ccc(O)cc2Oc2cc(O)ccc21. The molecule has 0 bridgehead atoms. The highest BCUT2D eigenvalue weighted by Gasteiger charge is 2.53. The van der Waals surface area contributed by atoms with Crippen LogP contribution >= 0.6 is 11.8 Å². The Balaban J connectivity index is 0.950. The predicted molar refractivity (Wildman–Crippen MR) is 167 cm³/mol. The molecule has 12 nitrogen and oxygen atoms in total. The number of rotatable bonds is 9. The molecule has 6 N–H and O–H groups in total. The van der Waals surface area contributed by atoms with Gasteiger partial charge in [-0.3, -0.25) is 9.59 Å². The van der Waals surface area contributed by atoms with Crippen LogP contribution in [0, 0.1) is 0 Å².